The maximum Gasteiger partial charge on any atom is 0.416 e. The summed E-state index contributed by atoms with van der Waals surface area (Å²) in [6.07, 6.45) is -2.62. The number of likely N-dealkylation sites (tertiary alicyclic amines) is 1. The van der Waals surface area contributed by atoms with Crippen molar-refractivity contribution in [1.29, 1.82) is 0 Å². The SMILES string of the molecule is C[C@@H](NC(=O)N1CCC[C@@H](CO)C1)c1ccc(C(F)(F)F)cc1. The number of aliphatic hydroxyl groups is 1. The van der Waals surface area contributed by atoms with Crippen LogP contribution in [-0.2, 0) is 6.18 Å². The van der Waals surface area contributed by atoms with Gasteiger partial charge in [0.05, 0.1) is 11.6 Å². The Bertz CT molecular complexity index is 531. The van der Waals surface area contributed by atoms with Crippen molar-refractivity contribution in [3.05, 3.63) is 35.4 Å². The smallest absolute Gasteiger partial charge is 0.396 e. The average Bonchev–Trinajstić information content (AvgIpc) is 2.54. The number of aliphatic hydroxyl groups excluding tert-OH is 1. The van der Waals surface area contributed by atoms with Gasteiger partial charge in [-0.15, -0.1) is 0 Å². The van der Waals surface area contributed by atoms with Crippen molar-refractivity contribution >= 4 is 6.03 Å². The van der Waals surface area contributed by atoms with Crippen LogP contribution in [-0.4, -0.2) is 35.7 Å². The number of alkyl halides is 3. The number of rotatable bonds is 3. The number of nitrogens with one attached hydrogen (secondary N) is 1. The van der Waals surface area contributed by atoms with Gasteiger partial charge in [-0.25, -0.2) is 4.79 Å². The number of carbonyl (C=O) groups is 1. The summed E-state index contributed by atoms with van der Waals surface area (Å²) < 4.78 is 37.6. The van der Waals surface area contributed by atoms with Crippen molar-refractivity contribution in [2.45, 2.75) is 32.0 Å². The lowest BCUT2D eigenvalue weighted by Gasteiger charge is -2.32. The Morgan fingerprint density at radius 2 is 2.04 bits per heavy atom. The Kier molecular flexibility index (Phi) is 5.51. The number of carbonyl (C=O) groups excluding carboxylic acids is 1. The Balaban J connectivity index is 1.95. The maximum atomic E-state index is 12.5. The van der Waals surface area contributed by atoms with Crippen LogP contribution in [0.3, 0.4) is 0 Å². The Morgan fingerprint density at radius 3 is 2.61 bits per heavy atom. The minimum atomic E-state index is -4.36. The lowest BCUT2D eigenvalue weighted by atomic mass is 9.99. The third kappa shape index (κ3) is 4.60. The van der Waals surface area contributed by atoms with E-state index in [1.165, 1.54) is 12.1 Å². The van der Waals surface area contributed by atoms with E-state index < -0.39 is 11.7 Å². The minimum absolute atomic E-state index is 0.0538. The van der Waals surface area contributed by atoms with E-state index in [2.05, 4.69) is 5.32 Å². The molecule has 7 heteroatoms. The highest BCUT2D eigenvalue weighted by atomic mass is 19.4. The normalized spacial score (nSPS) is 20.2. The van der Waals surface area contributed by atoms with Crippen LogP contribution in [0, 0.1) is 5.92 Å². The van der Waals surface area contributed by atoms with Crippen molar-refractivity contribution in [3.63, 3.8) is 0 Å². The molecule has 1 aliphatic heterocycles. The molecule has 1 fully saturated rings. The van der Waals surface area contributed by atoms with E-state index in [1.807, 2.05) is 0 Å². The van der Waals surface area contributed by atoms with Crippen LogP contribution in [0.4, 0.5) is 18.0 Å². The first-order chi connectivity index (χ1) is 10.8. The van der Waals surface area contributed by atoms with Crippen molar-refractivity contribution in [1.82, 2.24) is 10.2 Å². The molecule has 0 aliphatic carbocycles. The van der Waals surface area contributed by atoms with Gasteiger partial charge in [0, 0.05) is 19.7 Å². The number of halogens is 3. The van der Waals surface area contributed by atoms with Crippen LogP contribution < -0.4 is 5.32 Å². The summed E-state index contributed by atoms with van der Waals surface area (Å²) in [5, 5.41) is 12.0. The molecule has 4 nitrogen and oxygen atoms in total. The molecule has 2 rings (SSSR count). The van der Waals surface area contributed by atoms with Gasteiger partial charge in [0.25, 0.3) is 0 Å². The molecule has 2 N–H and O–H groups in total. The fraction of sp³-hybridized carbons (Fsp3) is 0.562. The van der Waals surface area contributed by atoms with Crippen LogP contribution in [0.15, 0.2) is 24.3 Å². The molecule has 1 aliphatic rings. The molecule has 2 amide bonds. The number of piperidine rings is 1. The van der Waals surface area contributed by atoms with Crippen LogP contribution >= 0.6 is 0 Å². The van der Waals surface area contributed by atoms with Gasteiger partial charge in [0.15, 0.2) is 0 Å². The molecule has 1 aromatic rings. The fourth-order valence-corrected chi connectivity index (χ4v) is 2.72. The highest BCUT2D eigenvalue weighted by Gasteiger charge is 2.30. The summed E-state index contributed by atoms with van der Waals surface area (Å²) in [7, 11) is 0. The van der Waals surface area contributed by atoms with Gasteiger partial charge in [-0.1, -0.05) is 12.1 Å². The Labute approximate surface area is 133 Å². The van der Waals surface area contributed by atoms with Gasteiger partial charge in [-0.05, 0) is 43.4 Å². The zero-order valence-electron chi connectivity index (χ0n) is 12.9. The van der Waals surface area contributed by atoms with Gasteiger partial charge < -0.3 is 15.3 Å². The van der Waals surface area contributed by atoms with Gasteiger partial charge in [0.2, 0.25) is 0 Å². The molecular weight excluding hydrogens is 309 g/mol. The topological polar surface area (TPSA) is 52.6 Å². The largest absolute Gasteiger partial charge is 0.416 e. The second kappa shape index (κ2) is 7.21. The molecule has 0 saturated carbocycles. The predicted octanol–water partition coefficient (Wildman–Crippen LogP) is 3.18. The average molecular weight is 330 g/mol. The zero-order chi connectivity index (χ0) is 17.0. The van der Waals surface area contributed by atoms with Crippen LogP contribution in [0.25, 0.3) is 0 Å². The number of amides is 2. The lowest BCUT2D eigenvalue weighted by Crippen LogP contribution is -2.46. The Hall–Kier alpha value is -1.76. The van der Waals surface area contributed by atoms with Crippen LogP contribution in [0.1, 0.15) is 36.9 Å². The fourth-order valence-electron chi connectivity index (χ4n) is 2.72. The predicted molar refractivity (Wildman–Crippen MR) is 79.8 cm³/mol. The maximum absolute atomic E-state index is 12.5. The number of benzene rings is 1. The first kappa shape index (κ1) is 17.6. The molecule has 1 heterocycles. The monoisotopic (exact) mass is 330 g/mol. The first-order valence-electron chi connectivity index (χ1n) is 7.64. The molecular formula is C16H21F3N2O2. The van der Waals surface area contributed by atoms with Gasteiger partial charge in [-0.2, -0.15) is 13.2 Å². The van der Waals surface area contributed by atoms with E-state index in [9.17, 15) is 23.1 Å². The number of hydrogen-bond acceptors (Lipinski definition) is 2. The second-order valence-corrected chi connectivity index (χ2v) is 5.93. The van der Waals surface area contributed by atoms with Crippen molar-refractivity contribution in [2.75, 3.05) is 19.7 Å². The molecule has 0 radical (unpaired) electrons. The lowest BCUT2D eigenvalue weighted by molar-refractivity contribution is -0.137. The summed E-state index contributed by atoms with van der Waals surface area (Å²) in [6.45, 7) is 2.91. The van der Waals surface area contributed by atoms with Crippen LogP contribution in [0.2, 0.25) is 0 Å². The van der Waals surface area contributed by atoms with Crippen molar-refractivity contribution in [3.8, 4) is 0 Å². The van der Waals surface area contributed by atoms with Crippen molar-refractivity contribution < 1.29 is 23.1 Å². The number of hydrogen-bond donors (Lipinski definition) is 2. The summed E-state index contributed by atoms with van der Waals surface area (Å²) in [5.74, 6) is 0.0934. The van der Waals surface area contributed by atoms with Crippen molar-refractivity contribution in [2.24, 2.45) is 5.92 Å². The van der Waals surface area contributed by atoms with E-state index >= 15 is 0 Å². The van der Waals surface area contributed by atoms with Gasteiger partial charge >= 0.3 is 12.2 Å². The number of urea groups is 1. The molecule has 2 atom stereocenters. The molecule has 1 saturated heterocycles. The van der Waals surface area contributed by atoms with E-state index in [0.717, 1.165) is 25.0 Å². The highest BCUT2D eigenvalue weighted by Crippen LogP contribution is 2.30. The van der Waals surface area contributed by atoms with Gasteiger partial charge in [-0.3, -0.25) is 0 Å². The number of nitrogens with zero attached hydrogens (tertiary/aromatic N) is 1. The van der Waals surface area contributed by atoms with E-state index in [1.54, 1.807) is 11.8 Å². The summed E-state index contributed by atoms with van der Waals surface area (Å²) in [4.78, 5) is 13.9. The molecule has 0 spiro atoms. The zero-order valence-corrected chi connectivity index (χ0v) is 12.9. The molecule has 0 unspecified atom stereocenters. The quantitative estimate of drug-likeness (QED) is 0.894. The highest BCUT2D eigenvalue weighted by molar-refractivity contribution is 5.74. The first-order valence-corrected chi connectivity index (χ1v) is 7.64. The minimum Gasteiger partial charge on any atom is -0.396 e. The molecule has 0 bridgehead atoms. The van der Waals surface area contributed by atoms with E-state index in [-0.39, 0.29) is 24.6 Å². The summed E-state index contributed by atoms with van der Waals surface area (Å²) in [5.41, 5.74) is -0.0938. The Morgan fingerprint density at radius 1 is 1.39 bits per heavy atom. The third-order valence-corrected chi connectivity index (χ3v) is 4.14. The molecule has 128 valence electrons. The van der Waals surface area contributed by atoms with Gasteiger partial charge in [0.1, 0.15) is 0 Å². The second-order valence-electron chi connectivity index (χ2n) is 5.93. The molecule has 1 aromatic carbocycles. The molecule has 0 aromatic heterocycles. The summed E-state index contributed by atoms with van der Waals surface area (Å²) >= 11 is 0. The van der Waals surface area contributed by atoms with E-state index in [0.29, 0.717) is 18.7 Å². The summed E-state index contributed by atoms with van der Waals surface area (Å²) in [6, 6.07) is 4.14. The van der Waals surface area contributed by atoms with Crippen LogP contribution in [0.5, 0.6) is 0 Å². The molecule has 23 heavy (non-hydrogen) atoms. The van der Waals surface area contributed by atoms with E-state index in [4.69, 9.17) is 0 Å². The standard InChI is InChI=1S/C16H21F3N2O2/c1-11(13-4-6-14(7-5-13)16(17,18)19)20-15(23)21-8-2-3-12(9-21)10-22/h4-7,11-12,22H,2-3,8-10H2,1H3,(H,20,23)/t11-,12-/m1/s1. The third-order valence-electron chi connectivity index (χ3n) is 4.14.